The van der Waals surface area contributed by atoms with Crippen LogP contribution in [-0.2, 0) is 17.8 Å². The number of nitrogens with zero attached hydrogens (tertiary/aromatic N) is 1. The van der Waals surface area contributed by atoms with Crippen molar-refractivity contribution >= 4 is 34.2 Å². The molecule has 2 aromatic carbocycles. The smallest absolute Gasteiger partial charge is 0.227 e. The molecule has 1 heterocycles. The van der Waals surface area contributed by atoms with E-state index in [1.807, 2.05) is 41.3 Å². The van der Waals surface area contributed by atoms with Gasteiger partial charge < -0.3 is 9.64 Å². The first-order valence-corrected chi connectivity index (χ1v) is 7.97. The quantitative estimate of drug-likeness (QED) is 0.743. The predicted molar refractivity (Wildman–Crippen MR) is 91.7 cm³/mol. The van der Waals surface area contributed by atoms with Gasteiger partial charge in [-0.05, 0) is 58.8 Å². The highest BCUT2D eigenvalue weighted by atomic mass is 127. The third-order valence-corrected chi connectivity index (χ3v) is 4.43. The van der Waals surface area contributed by atoms with E-state index in [0.29, 0.717) is 13.0 Å². The number of ether oxygens (including phenoxy) is 1. The number of para-hydroxylation sites is 1. The number of benzene rings is 2. The van der Waals surface area contributed by atoms with Gasteiger partial charge in [-0.1, -0.05) is 18.2 Å². The summed E-state index contributed by atoms with van der Waals surface area (Å²) >= 11 is 2.31. The van der Waals surface area contributed by atoms with Crippen LogP contribution in [0, 0.1) is 3.57 Å². The van der Waals surface area contributed by atoms with Crippen LogP contribution < -0.4 is 9.64 Å². The van der Waals surface area contributed by atoms with E-state index in [1.54, 1.807) is 7.11 Å². The molecule has 0 saturated heterocycles. The van der Waals surface area contributed by atoms with E-state index in [1.165, 1.54) is 9.13 Å². The van der Waals surface area contributed by atoms with Crippen LogP contribution in [0.1, 0.15) is 17.5 Å². The number of aryl methyl sites for hydroxylation is 1. The summed E-state index contributed by atoms with van der Waals surface area (Å²) in [6.45, 7) is 0.552. The third-order valence-electron chi connectivity index (χ3n) is 3.76. The lowest BCUT2D eigenvalue weighted by atomic mass is 10.0. The average molecular weight is 393 g/mol. The highest BCUT2D eigenvalue weighted by Gasteiger charge is 2.25. The largest absolute Gasteiger partial charge is 0.496 e. The van der Waals surface area contributed by atoms with Crippen LogP contribution in [0.3, 0.4) is 0 Å². The number of amides is 1. The number of anilines is 1. The lowest BCUT2D eigenvalue weighted by Crippen LogP contribution is -2.34. The van der Waals surface area contributed by atoms with Crippen LogP contribution in [0.5, 0.6) is 5.75 Å². The maximum atomic E-state index is 12.3. The van der Waals surface area contributed by atoms with E-state index in [0.717, 1.165) is 23.4 Å². The summed E-state index contributed by atoms with van der Waals surface area (Å²) in [6, 6.07) is 14.1. The summed E-state index contributed by atoms with van der Waals surface area (Å²) in [5.74, 6) is 0.998. The number of halogens is 1. The molecule has 0 unspecified atom stereocenters. The van der Waals surface area contributed by atoms with Gasteiger partial charge in [-0.3, -0.25) is 4.79 Å². The fraction of sp³-hybridized carbons (Fsp3) is 0.235. The SMILES string of the molecule is COc1ccccc1CN1C(=O)CCc2cc(I)ccc21. The number of carbonyl (C=O) groups is 1. The molecular formula is C17H16INO2. The second kappa shape index (κ2) is 6.05. The molecule has 0 aromatic heterocycles. The van der Waals surface area contributed by atoms with Gasteiger partial charge in [0.25, 0.3) is 0 Å². The second-order valence-corrected chi connectivity index (χ2v) is 6.31. The first-order valence-electron chi connectivity index (χ1n) is 6.89. The van der Waals surface area contributed by atoms with Crippen LogP contribution in [0.15, 0.2) is 42.5 Å². The van der Waals surface area contributed by atoms with Gasteiger partial charge in [-0.2, -0.15) is 0 Å². The first-order chi connectivity index (χ1) is 10.2. The summed E-state index contributed by atoms with van der Waals surface area (Å²) in [7, 11) is 1.66. The number of carbonyl (C=O) groups excluding carboxylic acids is 1. The molecule has 108 valence electrons. The van der Waals surface area contributed by atoms with Gasteiger partial charge >= 0.3 is 0 Å². The summed E-state index contributed by atoms with van der Waals surface area (Å²) in [6.07, 6.45) is 1.40. The van der Waals surface area contributed by atoms with E-state index < -0.39 is 0 Å². The van der Waals surface area contributed by atoms with E-state index in [4.69, 9.17) is 4.74 Å². The zero-order valence-corrected chi connectivity index (χ0v) is 14.0. The minimum atomic E-state index is 0.176. The molecule has 0 atom stereocenters. The molecule has 0 aliphatic carbocycles. The minimum absolute atomic E-state index is 0.176. The Balaban J connectivity index is 1.97. The fourth-order valence-electron chi connectivity index (χ4n) is 2.71. The van der Waals surface area contributed by atoms with Crippen molar-refractivity contribution < 1.29 is 9.53 Å². The van der Waals surface area contributed by atoms with Crippen molar-refractivity contribution in [3.05, 3.63) is 57.2 Å². The molecule has 0 spiro atoms. The number of hydrogen-bond donors (Lipinski definition) is 0. The summed E-state index contributed by atoms with van der Waals surface area (Å²) in [4.78, 5) is 14.2. The van der Waals surface area contributed by atoms with Gasteiger partial charge in [0, 0.05) is 21.2 Å². The molecule has 0 N–H and O–H groups in total. The Morgan fingerprint density at radius 1 is 1.19 bits per heavy atom. The molecule has 21 heavy (non-hydrogen) atoms. The van der Waals surface area contributed by atoms with Gasteiger partial charge in [-0.15, -0.1) is 0 Å². The van der Waals surface area contributed by atoms with Crippen molar-refractivity contribution in [2.75, 3.05) is 12.0 Å². The molecule has 1 aliphatic heterocycles. The minimum Gasteiger partial charge on any atom is -0.496 e. The maximum Gasteiger partial charge on any atom is 0.227 e. The summed E-state index contributed by atoms with van der Waals surface area (Å²) < 4.78 is 6.60. The monoisotopic (exact) mass is 393 g/mol. The first kappa shape index (κ1) is 14.4. The van der Waals surface area contributed by atoms with E-state index in [2.05, 4.69) is 28.7 Å². The standard InChI is InChI=1S/C17H16INO2/c1-21-16-5-3-2-4-13(16)11-19-15-8-7-14(18)10-12(15)6-9-17(19)20/h2-5,7-8,10H,6,9,11H2,1H3. The number of hydrogen-bond acceptors (Lipinski definition) is 2. The molecule has 0 radical (unpaired) electrons. The van der Waals surface area contributed by atoms with Gasteiger partial charge in [0.1, 0.15) is 5.75 Å². The summed E-state index contributed by atoms with van der Waals surface area (Å²) in [5, 5.41) is 0. The Labute approximate surface area is 138 Å². The Morgan fingerprint density at radius 2 is 2.00 bits per heavy atom. The van der Waals surface area contributed by atoms with Crippen LogP contribution in [-0.4, -0.2) is 13.0 Å². The molecule has 0 saturated carbocycles. The number of rotatable bonds is 3. The van der Waals surface area contributed by atoms with Crippen molar-refractivity contribution in [2.24, 2.45) is 0 Å². The van der Waals surface area contributed by atoms with Crippen molar-refractivity contribution in [3.8, 4) is 5.75 Å². The maximum absolute atomic E-state index is 12.3. The van der Waals surface area contributed by atoms with E-state index >= 15 is 0 Å². The normalized spacial score (nSPS) is 14.0. The van der Waals surface area contributed by atoms with Gasteiger partial charge in [-0.25, -0.2) is 0 Å². The van der Waals surface area contributed by atoms with Gasteiger partial charge in [0.05, 0.1) is 13.7 Å². The third kappa shape index (κ3) is 2.90. The van der Waals surface area contributed by atoms with Crippen molar-refractivity contribution in [1.82, 2.24) is 0 Å². The highest BCUT2D eigenvalue weighted by Crippen LogP contribution is 2.32. The highest BCUT2D eigenvalue weighted by molar-refractivity contribution is 14.1. The van der Waals surface area contributed by atoms with Crippen LogP contribution in [0.25, 0.3) is 0 Å². The van der Waals surface area contributed by atoms with Crippen molar-refractivity contribution in [1.29, 1.82) is 0 Å². The Morgan fingerprint density at radius 3 is 2.81 bits per heavy atom. The van der Waals surface area contributed by atoms with Crippen molar-refractivity contribution in [3.63, 3.8) is 0 Å². The molecule has 0 fully saturated rings. The Kier molecular flexibility index (Phi) is 4.14. The second-order valence-electron chi connectivity index (χ2n) is 5.06. The van der Waals surface area contributed by atoms with Crippen molar-refractivity contribution in [2.45, 2.75) is 19.4 Å². The zero-order valence-electron chi connectivity index (χ0n) is 11.8. The molecule has 3 rings (SSSR count). The molecule has 2 aromatic rings. The summed E-state index contributed by atoms with van der Waals surface area (Å²) in [5.41, 5.74) is 3.30. The number of methoxy groups -OCH3 is 1. The Hall–Kier alpha value is -1.56. The molecule has 0 bridgehead atoms. The van der Waals surface area contributed by atoms with E-state index in [-0.39, 0.29) is 5.91 Å². The van der Waals surface area contributed by atoms with Gasteiger partial charge in [0.2, 0.25) is 5.91 Å². The lowest BCUT2D eigenvalue weighted by Gasteiger charge is -2.30. The lowest BCUT2D eigenvalue weighted by molar-refractivity contribution is -0.119. The van der Waals surface area contributed by atoms with Crippen LogP contribution in [0.4, 0.5) is 5.69 Å². The van der Waals surface area contributed by atoms with E-state index in [9.17, 15) is 4.79 Å². The Bertz CT molecular complexity index is 684. The van der Waals surface area contributed by atoms with Crippen LogP contribution >= 0.6 is 22.6 Å². The molecular weight excluding hydrogens is 377 g/mol. The zero-order chi connectivity index (χ0) is 14.8. The fourth-order valence-corrected chi connectivity index (χ4v) is 3.26. The molecule has 1 aliphatic rings. The predicted octanol–water partition coefficient (Wildman–Crippen LogP) is 3.78. The topological polar surface area (TPSA) is 29.5 Å². The average Bonchev–Trinajstić information content (AvgIpc) is 2.50. The molecule has 3 nitrogen and oxygen atoms in total. The molecule has 4 heteroatoms. The van der Waals surface area contributed by atoms with Gasteiger partial charge in [0.15, 0.2) is 0 Å². The molecule has 1 amide bonds. The number of fused-ring (bicyclic) bond motifs is 1. The van der Waals surface area contributed by atoms with Crippen LogP contribution in [0.2, 0.25) is 0 Å².